The minimum atomic E-state index is -0.472. The summed E-state index contributed by atoms with van der Waals surface area (Å²) in [5, 5.41) is 31.5. The molecule has 1 aromatic rings. The van der Waals surface area contributed by atoms with E-state index in [2.05, 4.69) is 5.32 Å². The topological polar surface area (TPSA) is 99.2 Å². The maximum Gasteiger partial charge on any atom is 0.292 e. The van der Waals surface area contributed by atoms with Gasteiger partial charge in [-0.3, -0.25) is 10.1 Å². The predicted molar refractivity (Wildman–Crippen MR) is 71.8 cm³/mol. The van der Waals surface area contributed by atoms with Gasteiger partial charge in [-0.15, -0.1) is 0 Å². The quantitative estimate of drug-likeness (QED) is 0.446. The minimum Gasteiger partial charge on any atom is -0.396 e. The molecule has 0 saturated carbocycles. The van der Waals surface area contributed by atoms with Gasteiger partial charge in [-0.2, -0.15) is 5.26 Å². The Kier molecular flexibility index (Phi) is 5.76. The molecule has 0 saturated heterocycles. The highest BCUT2D eigenvalue weighted by Crippen LogP contribution is 2.25. The first-order valence-electron chi connectivity index (χ1n) is 6.11. The lowest BCUT2D eigenvalue weighted by atomic mass is 10.1. The van der Waals surface area contributed by atoms with Gasteiger partial charge < -0.3 is 10.4 Å². The van der Waals surface area contributed by atoms with E-state index in [4.69, 9.17) is 10.4 Å². The zero-order valence-electron chi connectivity index (χ0n) is 10.8. The molecule has 6 heteroatoms. The van der Waals surface area contributed by atoms with Crippen molar-refractivity contribution in [2.75, 3.05) is 18.5 Å². The average Bonchev–Trinajstić information content (AvgIpc) is 2.42. The maximum atomic E-state index is 10.9. The molecule has 102 valence electrons. The summed E-state index contributed by atoms with van der Waals surface area (Å²) < 4.78 is 0. The van der Waals surface area contributed by atoms with Crippen molar-refractivity contribution in [3.63, 3.8) is 0 Å². The van der Waals surface area contributed by atoms with Gasteiger partial charge in [-0.05, 0) is 30.9 Å². The molecule has 0 fully saturated rings. The third-order valence-electron chi connectivity index (χ3n) is 2.82. The number of rotatable bonds is 7. The van der Waals surface area contributed by atoms with Gasteiger partial charge in [0.1, 0.15) is 5.69 Å². The van der Waals surface area contributed by atoms with Crippen LogP contribution in [0.1, 0.15) is 25.3 Å². The third-order valence-corrected chi connectivity index (χ3v) is 2.82. The third kappa shape index (κ3) is 4.56. The van der Waals surface area contributed by atoms with Crippen molar-refractivity contribution in [1.82, 2.24) is 0 Å². The molecule has 0 heterocycles. The van der Waals surface area contributed by atoms with Crippen molar-refractivity contribution in [3.8, 4) is 6.07 Å². The summed E-state index contributed by atoms with van der Waals surface area (Å²) in [6.07, 6.45) is 1.64. The van der Waals surface area contributed by atoms with Crippen molar-refractivity contribution in [2.24, 2.45) is 5.92 Å². The van der Waals surface area contributed by atoms with Gasteiger partial charge in [0.25, 0.3) is 5.69 Å². The van der Waals surface area contributed by atoms with Gasteiger partial charge in [0.2, 0.25) is 0 Å². The average molecular weight is 263 g/mol. The van der Waals surface area contributed by atoms with Crippen LogP contribution in [0.2, 0.25) is 0 Å². The van der Waals surface area contributed by atoms with E-state index in [0.29, 0.717) is 17.8 Å². The summed E-state index contributed by atoms with van der Waals surface area (Å²) in [6, 6.07) is 6.19. The molecule has 0 spiro atoms. The molecular formula is C13H17N3O3. The number of nitrogens with one attached hydrogen (secondary N) is 1. The standard InChI is InChI=1S/C13H17N3O3/c1-10(9-17)3-2-6-15-12-7-11(8-14)4-5-13(12)16(18)19/h4-5,7,10,15,17H,2-3,6,9H2,1H3. The molecular weight excluding hydrogens is 246 g/mol. The van der Waals surface area contributed by atoms with Crippen molar-refractivity contribution >= 4 is 11.4 Å². The number of aliphatic hydroxyl groups excluding tert-OH is 1. The molecule has 0 aromatic heterocycles. The number of hydrogen-bond acceptors (Lipinski definition) is 5. The van der Waals surface area contributed by atoms with E-state index in [1.807, 2.05) is 13.0 Å². The second kappa shape index (κ2) is 7.34. The Bertz CT molecular complexity index is 483. The van der Waals surface area contributed by atoms with E-state index in [9.17, 15) is 10.1 Å². The Labute approximate surface area is 111 Å². The number of anilines is 1. The van der Waals surface area contributed by atoms with E-state index in [-0.39, 0.29) is 18.2 Å². The summed E-state index contributed by atoms with van der Waals surface area (Å²) >= 11 is 0. The van der Waals surface area contributed by atoms with Crippen LogP contribution in [0.3, 0.4) is 0 Å². The molecule has 1 unspecified atom stereocenters. The number of nitriles is 1. The summed E-state index contributed by atoms with van der Waals surface area (Å²) in [5.74, 6) is 0.224. The van der Waals surface area contributed by atoms with Crippen LogP contribution in [0, 0.1) is 27.4 Å². The molecule has 1 atom stereocenters. The highest BCUT2D eigenvalue weighted by atomic mass is 16.6. The molecule has 0 bridgehead atoms. The normalized spacial score (nSPS) is 11.6. The highest BCUT2D eigenvalue weighted by molar-refractivity contribution is 5.64. The number of hydrogen-bond donors (Lipinski definition) is 2. The lowest BCUT2D eigenvalue weighted by molar-refractivity contribution is -0.384. The van der Waals surface area contributed by atoms with E-state index in [1.54, 1.807) is 0 Å². The highest BCUT2D eigenvalue weighted by Gasteiger charge is 2.13. The Balaban J connectivity index is 2.65. The van der Waals surface area contributed by atoms with Crippen LogP contribution in [0.15, 0.2) is 18.2 Å². The first-order valence-corrected chi connectivity index (χ1v) is 6.11. The maximum absolute atomic E-state index is 10.9. The molecule has 0 radical (unpaired) electrons. The minimum absolute atomic E-state index is 0.0331. The summed E-state index contributed by atoms with van der Waals surface area (Å²) in [4.78, 5) is 10.4. The molecule has 19 heavy (non-hydrogen) atoms. The summed E-state index contributed by atoms with van der Waals surface area (Å²) in [5.41, 5.74) is 0.715. The predicted octanol–water partition coefficient (Wildman–Crippen LogP) is 2.29. The molecule has 6 nitrogen and oxygen atoms in total. The molecule has 0 aliphatic heterocycles. The Morgan fingerprint density at radius 1 is 1.58 bits per heavy atom. The number of nitro groups is 1. The molecule has 0 amide bonds. The Morgan fingerprint density at radius 3 is 2.89 bits per heavy atom. The number of benzene rings is 1. The largest absolute Gasteiger partial charge is 0.396 e. The Morgan fingerprint density at radius 2 is 2.32 bits per heavy atom. The van der Waals surface area contributed by atoms with Gasteiger partial charge >= 0.3 is 0 Å². The molecule has 0 aliphatic rings. The van der Waals surface area contributed by atoms with E-state index in [1.165, 1.54) is 18.2 Å². The molecule has 0 aliphatic carbocycles. The second-order valence-corrected chi connectivity index (χ2v) is 4.46. The van der Waals surface area contributed by atoms with Gasteiger partial charge in [0.15, 0.2) is 0 Å². The van der Waals surface area contributed by atoms with Crippen LogP contribution in [0.5, 0.6) is 0 Å². The fourth-order valence-electron chi connectivity index (χ4n) is 1.67. The van der Waals surface area contributed by atoms with Crippen LogP contribution >= 0.6 is 0 Å². The monoisotopic (exact) mass is 263 g/mol. The fourth-order valence-corrected chi connectivity index (χ4v) is 1.67. The number of aliphatic hydroxyl groups is 1. The van der Waals surface area contributed by atoms with E-state index >= 15 is 0 Å². The van der Waals surface area contributed by atoms with E-state index in [0.717, 1.165) is 12.8 Å². The Hall–Kier alpha value is -2.13. The van der Waals surface area contributed by atoms with Crippen LogP contribution in [-0.4, -0.2) is 23.2 Å². The van der Waals surface area contributed by atoms with Crippen molar-refractivity contribution in [3.05, 3.63) is 33.9 Å². The van der Waals surface area contributed by atoms with Crippen molar-refractivity contribution in [1.29, 1.82) is 5.26 Å². The van der Waals surface area contributed by atoms with Crippen LogP contribution in [-0.2, 0) is 0 Å². The smallest absolute Gasteiger partial charge is 0.292 e. The van der Waals surface area contributed by atoms with Gasteiger partial charge in [0, 0.05) is 19.2 Å². The fraction of sp³-hybridized carbons (Fsp3) is 0.462. The molecule has 1 rings (SSSR count). The van der Waals surface area contributed by atoms with Gasteiger partial charge in [-0.25, -0.2) is 0 Å². The zero-order chi connectivity index (χ0) is 14.3. The zero-order valence-corrected chi connectivity index (χ0v) is 10.8. The second-order valence-electron chi connectivity index (χ2n) is 4.46. The lowest BCUT2D eigenvalue weighted by Gasteiger charge is -2.09. The summed E-state index contributed by atoms with van der Waals surface area (Å²) in [7, 11) is 0. The number of nitro benzene ring substituents is 1. The van der Waals surface area contributed by atoms with Gasteiger partial charge in [-0.1, -0.05) is 6.92 Å². The molecule has 1 aromatic carbocycles. The summed E-state index contributed by atoms with van der Waals surface area (Å²) in [6.45, 7) is 2.66. The van der Waals surface area contributed by atoms with Crippen molar-refractivity contribution < 1.29 is 10.0 Å². The van der Waals surface area contributed by atoms with Crippen LogP contribution in [0.25, 0.3) is 0 Å². The molecule has 2 N–H and O–H groups in total. The number of nitrogens with zero attached hydrogens (tertiary/aromatic N) is 2. The first-order chi connectivity index (χ1) is 9.08. The first kappa shape index (κ1) is 14.9. The van der Waals surface area contributed by atoms with Crippen LogP contribution < -0.4 is 5.32 Å². The van der Waals surface area contributed by atoms with Crippen LogP contribution in [0.4, 0.5) is 11.4 Å². The lowest BCUT2D eigenvalue weighted by Crippen LogP contribution is -2.08. The van der Waals surface area contributed by atoms with Crippen molar-refractivity contribution in [2.45, 2.75) is 19.8 Å². The van der Waals surface area contributed by atoms with E-state index < -0.39 is 4.92 Å². The SMILES string of the molecule is CC(CO)CCCNc1cc(C#N)ccc1[N+](=O)[O-]. The van der Waals surface area contributed by atoms with Gasteiger partial charge in [0.05, 0.1) is 16.6 Å².